The Hall–Kier alpha value is -2.62. The van der Waals surface area contributed by atoms with E-state index in [9.17, 15) is 4.79 Å². The average molecular weight is 368 g/mol. The fourth-order valence-electron chi connectivity index (χ4n) is 2.70. The summed E-state index contributed by atoms with van der Waals surface area (Å²) in [6, 6.07) is 18.7. The van der Waals surface area contributed by atoms with Gasteiger partial charge in [0.05, 0.1) is 0 Å². The van der Waals surface area contributed by atoms with Crippen LogP contribution < -0.4 is 0 Å². The standard InChI is InChI=1S/C20H11Cl2NO2/c21-14-9-8-13(17(22)11-14)10-18-20(24)25-19(23-18)16-7-3-5-12-4-1-2-6-15(12)16/h1-11H/b18-10-. The van der Waals surface area contributed by atoms with Gasteiger partial charge in [0.15, 0.2) is 5.70 Å². The van der Waals surface area contributed by atoms with Gasteiger partial charge in [-0.1, -0.05) is 65.7 Å². The first-order valence-electron chi connectivity index (χ1n) is 7.57. The molecule has 5 heteroatoms. The first kappa shape index (κ1) is 15.9. The number of benzene rings is 3. The molecule has 1 heterocycles. The van der Waals surface area contributed by atoms with Crippen LogP contribution in [0.2, 0.25) is 10.0 Å². The van der Waals surface area contributed by atoms with Crippen LogP contribution in [0.25, 0.3) is 16.8 Å². The van der Waals surface area contributed by atoms with Crippen molar-refractivity contribution >= 4 is 51.9 Å². The second-order valence-corrected chi connectivity index (χ2v) is 6.37. The van der Waals surface area contributed by atoms with E-state index in [1.807, 2.05) is 42.5 Å². The molecule has 0 N–H and O–H groups in total. The van der Waals surface area contributed by atoms with Crippen molar-refractivity contribution in [3.63, 3.8) is 0 Å². The molecule has 122 valence electrons. The van der Waals surface area contributed by atoms with Gasteiger partial charge in [0.2, 0.25) is 5.90 Å². The van der Waals surface area contributed by atoms with Gasteiger partial charge in [-0.25, -0.2) is 9.79 Å². The largest absolute Gasteiger partial charge is 0.402 e. The van der Waals surface area contributed by atoms with E-state index < -0.39 is 5.97 Å². The molecule has 0 amide bonds. The Balaban J connectivity index is 1.79. The highest BCUT2D eigenvalue weighted by Crippen LogP contribution is 2.27. The first-order chi connectivity index (χ1) is 12.1. The Labute approximate surface area is 154 Å². The number of hydrogen-bond donors (Lipinski definition) is 0. The van der Waals surface area contributed by atoms with Crippen LogP contribution >= 0.6 is 23.2 Å². The van der Waals surface area contributed by atoms with Crippen LogP contribution in [-0.4, -0.2) is 11.9 Å². The highest BCUT2D eigenvalue weighted by molar-refractivity contribution is 6.35. The van der Waals surface area contributed by atoms with Crippen molar-refractivity contribution in [2.75, 3.05) is 0 Å². The second-order valence-electron chi connectivity index (χ2n) is 5.53. The lowest BCUT2D eigenvalue weighted by molar-refractivity contribution is -0.129. The molecule has 0 fully saturated rings. The van der Waals surface area contributed by atoms with E-state index in [4.69, 9.17) is 27.9 Å². The monoisotopic (exact) mass is 367 g/mol. The van der Waals surface area contributed by atoms with E-state index in [0.29, 0.717) is 15.6 Å². The molecule has 0 aromatic heterocycles. The molecule has 1 aliphatic rings. The van der Waals surface area contributed by atoms with Gasteiger partial charge in [-0.05, 0) is 40.6 Å². The van der Waals surface area contributed by atoms with Crippen LogP contribution in [0.4, 0.5) is 0 Å². The van der Waals surface area contributed by atoms with Crippen LogP contribution in [0.15, 0.2) is 71.4 Å². The van der Waals surface area contributed by atoms with Gasteiger partial charge < -0.3 is 4.74 Å². The van der Waals surface area contributed by atoms with Crippen LogP contribution in [-0.2, 0) is 9.53 Å². The molecule has 0 radical (unpaired) electrons. The molecule has 25 heavy (non-hydrogen) atoms. The minimum atomic E-state index is -0.506. The Kier molecular flexibility index (Phi) is 4.04. The minimum absolute atomic E-state index is 0.201. The number of cyclic esters (lactones) is 1. The van der Waals surface area contributed by atoms with Crippen LogP contribution in [0.3, 0.4) is 0 Å². The molecule has 0 aliphatic carbocycles. The van der Waals surface area contributed by atoms with E-state index in [-0.39, 0.29) is 11.6 Å². The fraction of sp³-hybridized carbons (Fsp3) is 0. The molecule has 4 rings (SSSR count). The molecular formula is C20H11Cl2NO2. The SMILES string of the molecule is O=C1OC(c2cccc3ccccc23)=N/C1=C\c1ccc(Cl)cc1Cl. The van der Waals surface area contributed by atoms with Crippen molar-refractivity contribution in [2.24, 2.45) is 4.99 Å². The van der Waals surface area contributed by atoms with Gasteiger partial charge in [-0.15, -0.1) is 0 Å². The summed E-state index contributed by atoms with van der Waals surface area (Å²) in [6.45, 7) is 0. The lowest BCUT2D eigenvalue weighted by atomic mass is 10.0. The Morgan fingerprint density at radius 1 is 0.960 bits per heavy atom. The van der Waals surface area contributed by atoms with Gasteiger partial charge in [0.1, 0.15) is 0 Å². The highest BCUT2D eigenvalue weighted by atomic mass is 35.5. The smallest absolute Gasteiger partial charge is 0.363 e. The van der Waals surface area contributed by atoms with E-state index in [1.54, 1.807) is 24.3 Å². The average Bonchev–Trinajstić information content (AvgIpc) is 2.97. The molecule has 3 aromatic rings. The molecule has 0 saturated carbocycles. The van der Waals surface area contributed by atoms with Gasteiger partial charge in [0, 0.05) is 15.6 Å². The number of halogens is 2. The molecular weight excluding hydrogens is 357 g/mol. The molecule has 3 aromatic carbocycles. The van der Waals surface area contributed by atoms with Crippen molar-refractivity contribution in [1.29, 1.82) is 0 Å². The summed E-state index contributed by atoms with van der Waals surface area (Å²) in [5.41, 5.74) is 1.63. The van der Waals surface area contributed by atoms with Crippen molar-refractivity contribution in [3.05, 3.63) is 87.5 Å². The lowest BCUT2D eigenvalue weighted by Crippen LogP contribution is -2.05. The maximum atomic E-state index is 12.2. The topological polar surface area (TPSA) is 38.7 Å². The number of hydrogen-bond acceptors (Lipinski definition) is 3. The number of fused-ring (bicyclic) bond motifs is 1. The van der Waals surface area contributed by atoms with Gasteiger partial charge in [-0.2, -0.15) is 0 Å². The molecule has 0 bridgehead atoms. The van der Waals surface area contributed by atoms with E-state index in [2.05, 4.69) is 4.99 Å². The number of nitrogens with zero attached hydrogens (tertiary/aromatic N) is 1. The number of carbonyl (C=O) groups excluding carboxylic acids is 1. The zero-order valence-electron chi connectivity index (χ0n) is 12.9. The van der Waals surface area contributed by atoms with Gasteiger partial charge in [0.25, 0.3) is 0 Å². The maximum Gasteiger partial charge on any atom is 0.363 e. The van der Waals surface area contributed by atoms with E-state index in [1.165, 1.54) is 0 Å². The lowest BCUT2D eigenvalue weighted by Gasteiger charge is -2.04. The molecule has 3 nitrogen and oxygen atoms in total. The quantitative estimate of drug-likeness (QED) is 0.443. The zero-order chi connectivity index (χ0) is 17.4. The summed E-state index contributed by atoms with van der Waals surface area (Å²) in [5, 5.41) is 3.00. The number of carbonyl (C=O) groups is 1. The fourth-order valence-corrected chi connectivity index (χ4v) is 3.17. The highest BCUT2D eigenvalue weighted by Gasteiger charge is 2.25. The van der Waals surface area contributed by atoms with Gasteiger partial charge in [-0.3, -0.25) is 0 Å². The summed E-state index contributed by atoms with van der Waals surface area (Å²) in [7, 11) is 0. The number of rotatable bonds is 2. The molecule has 1 aliphatic heterocycles. The predicted octanol–water partition coefficient (Wildman–Crippen LogP) is 5.49. The van der Waals surface area contributed by atoms with Gasteiger partial charge >= 0.3 is 5.97 Å². The van der Waals surface area contributed by atoms with E-state index in [0.717, 1.165) is 16.3 Å². The number of aliphatic imine (C=N–C) groups is 1. The van der Waals surface area contributed by atoms with Crippen LogP contribution in [0, 0.1) is 0 Å². The maximum absolute atomic E-state index is 12.2. The third-order valence-electron chi connectivity index (χ3n) is 3.90. The zero-order valence-corrected chi connectivity index (χ0v) is 14.4. The molecule has 0 unspecified atom stereocenters. The van der Waals surface area contributed by atoms with Crippen molar-refractivity contribution in [2.45, 2.75) is 0 Å². The number of esters is 1. The predicted molar refractivity (Wildman–Crippen MR) is 101 cm³/mol. The normalized spacial score (nSPS) is 15.5. The van der Waals surface area contributed by atoms with Crippen LogP contribution in [0.1, 0.15) is 11.1 Å². The molecule has 0 saturated heterocycles. The van der Waals surface area contributed by atoms with Crippen molar-refractivity contribution in [1.82, 2.24) is 0 Å². The van der Waals surface area contributed by atoms with Crippen LogP contribution in [0.5, 0.6) is 0 Å². The summed E-state index contributed by atoms with van der Waals surface area (Å²) in [4.78, 5) is 16.6. The summed E-state index contributed by atoms with van der Waals surface area (Å²) in [5.74, 6) is -0.216. The summed E-state index contributed by atoms with van der Waals surface area (Å²) in [6.07, 6.45) is 1.60. The van der Waals surface area contributed by atoms with Crippen molar-refractivity contribution < 1.29 is 9.53 Å². The molecule has 0 spiro atoms. The third-order valence-corrected chi connectivity index (χ3v) is 4.46. The number of ether oxygens (including phenoxy) is 1. The molecule has 0 atom stereocenters. The second kappa shape index (κ2) is 6.36. The van der Waals surface area contributed by atoms with E-state index >= 15 is 0 Å². The Bertz CT molecular complexity index is 1060. The Morgan fingerprint density at radius 2 is 1.76 bits per heavy atom. The first-order valence-corrected chi connectivity index (χ1v) is 8.33. The minimum Gasteiger partial charge on any atom is -0.402 e. The Morgan fingerprint density at radius 3 is 2.60 bits per heavy atom. The van der Waals surface area contributed by atoms with Crippen molar-refractivity contribution in [3.8, 4) is 0 Å². The third kappa shape index (κ3) is 3.04. The summed E-state index contributed by atoms with van der Waals surface area (Å²) >= 11 is 12.1. The summed E-state index contributed by atoms with van der Waals surface area (Å²) < 4.78 is 5.38.